The third-order valence-electron chi connectivity index (χ3n) is 3.83. The van der Waals surface area contributed by atoms with E-state index in [1.165, 1.54) is 10.4 Å². The number of sulfonamides is 1. The Morgan fingerprint density at radius 2 is 1.96 bits per heavy atom. The van der Waals surface area contributed by atoms with Gasteiger partial charge in [-0.2, -0.15) is 0 Å². The maximum Gasteiger partial charge on any atom is 0.268 e. The number of furan rings is 1. The molecule has 23 heavy (non-hydrogen) atoms. The standard InChI is InChI=1S/C16H18N2O4S/c1-10-8-16(19)17-13-6-4-5-7-14(13)18(10)23(20,21)15-9-11(2)22-12(15)3/h4-7,9-10H,8H2,1-3H3,(H,17,19)/t10-/m1/s1. The number of hydrogen-bond acceptors (Lipinski definition) is 4. The van der Waals surface area contributed by atoms with Gasteiger partial charge in [0.1, 0.15) is 16.4 Å². The zero-order valence-electron chi connectivity index (χ0n) is 13.2. The van der Waals surface area contributed by atoms with Crippen LogP contribution in [-0.4, -0.2) is 20.4 Å². The Bertz CT molecular complexity index is 870. The first-order valence-corrected chi connectivity index (χ1v) is 8.75. The number of fused-ring (bicyclic) bond motifs is 1. The van der Waals surface area contributed by atoms with E-state index in [1.807, 2.05) is 0 Å². The fourth-order valence-electron chi connectivity index (χ4n) is 2.90. The lowest BCUT2D eigenvalue weighted by Crippen LogP contribution is -2.39. The van der Waals surface area contributed by atoms with E-state index in [2.05, 4.69) is 5.32 Å². The Balaban J connectivity index is 2.21. The molecule has 122 valence electrons. The van der Waals surface area contributed by atoms with Crippen molar-refractivity contribution in [2.45, 2.75) is 38.1 Å². The van der Waals surface area contributed by atoms with Gasteiger partial charge >= 0.3 is 0 Å². The number of anilines is 2. The van der Waals surface area contributed by atoms with Gasteiger partial charge in [-0.15, -0.1) is 0 Å². The molecule has 1 aliphatic heterocycles. The highest BCUT2D eigenvalue weighted by Gasteiger charge is 2.36. The maximum atomic E-state index is 13.2. The van der Waals surface area contributed by atoms with Crippen LogP contribution in [0.1, 0.15) is 24.9 Å². The van der Waals surface area contributed by atoms with E-state index in [0.29, 0.717) is 22.9 Å². The summed E-state index contributed by atoms with van der Waals surface area (Å²) in [5, 5.41) is 2.76. The molecule has 3 rings (SSSR count). The minimum atomic E-state index is -3.83. The van der Waals surface area contributed by atoms with E-state index in [-0.39, 0.29) is 17.2 Å². The second-order valence-electron chi connectivity index (χ2n) is 5.70. The molecule has 1 aliphatic rings. The summed E-state index contributed by atoms with van der Waals surface area (Å²) >= 11 is 0. The van der Waals surface area contributed by atoms with E-state index in [9.17, 15) is 13.2 Å². The lowest BCUT2D eigenvalue weighted by Gasteiger charge is -2.28. The molecular weight excluding hydrogens is 316 g/mol. The summed E-state index contributed by atoms with van der Waals surface area (Å²) in [6.45, 7) is 5.05. The summed E-state index contributed by atoms with van der Waals surface area (Å²) in [4.78, 5) is 12.1. The maximum absolute atomic E-state index is 13.2. The molecule has 0 bridgehead atoms. The van der Waals surface area contributed by atoms with Crippen LogP contribution in [0.15, 0.2) is 39.6 Å². The molecule has 0 radical (unpaired) electrons. The molecule has 6 nitrogen and oxygen atoms in total. The van der Waals surface area contributed by atoms with Gasteiger partial charge in [0.25, 0.3) is 10.0 Å². The molecule has 2 aromatic rings. The first-order chi connectivity index (χ1) is 10.8. The average molecular weight is 334 g/mol. The normalized spacial score (nSPS) is 18.3. The number of rotatable bonds is 2. The average Bonchev–Trinajstić information content (AvgIpc) is 2.73. The Labute approximate surface area is 135 Å². The zero-order valence-corrected chi connectivity index (χ0v) is 14.0. The minimum Gasteiger partial charge on any atom is -0.465 e. The Kier molecular flexibility index (Phi) is 3.68. The van der Waals surface area contributed by atoms with Crippen LogP contribution in [0.5, 0.6) is 0 Å². The van der Waals surface area contributed by atoms with Crippen LogP contribution in [0.3, 0.4) is 0 Å². The highest BCUT2D eigenvalue weighted by molar-refractivity contribution is 7.93. The number of carbonyl (C=O) groups excluding carboxylic acids is 1. The molecule has 1 N–H and O–H groups in total. The van der Waals surface area contributed by atoms with Crippen LogP contribution in [0, 0.1) is 13.8 Å². The van der Waals surface area contributed by atoms with Gasteiger partial charge in [-0.1, -0.05) is 12.1 Å². The first kappa shape index (κ1) is 15.6. The molecule has 0 saturated carbocycles. The number of nitrogens with one attached hydrogen (secondary N) is 1. The number of carbonyl (C=O) groups is 1. The second kappa shape index (κ2) is 5.42. The van der Waals surface area contributed by atoms with Crippen molar-refractivity contribution in [3.8, 4) is 0 Å². The van der Waals surface area contributed by atoms with Crippen LogP contribution in [0.2, 0.25) is 0 Å². The first-order valence-electron chi connectivity index (χ1n) is 7.31. The van der Waals surface area contributed by atoms with Crippen molar-refractivity contribution in [3.05, 3.63) is 41.9 Å². The van der Waals surface area contributed by atoms with Gasteiger partial charge in [-0.25, -0.2) is 8.42 Å². The fourth-order valence-corrected chi connectivity index (χ4v) is 4.80. The smallest absolute Gasteiger partial charge is 0.268 e. The van der Waals surface area contributed by atoms with Crippen LogP contribution < -0.4 is 9.62 Å². The fraction of sp³-hybridized carbons (Fsp3) is 0.312. The predicted octanol–water partition coefficient (Wildman–Crippen LogP) is 2.82. The minimum absolute atomic E-state index is 0.0871. The summed E-state index contributed by atoms with van der Waals surface area (Å²) in [5.41, 5.74) is 0.951. The van der Waals surface area contributed by atoms with E-state index < -0.39 is 16.1 Å². The number of nitrogens with zero attached hydrogens (tertiary/aromatic N) is 1. The van der Waals surface area contributed by atoms with Crippen LogP contribution in [-0.2, 0) is 14.8 Å². The van der Waals surface area contributed by atoms with Crippen LogP contribution in [0.4, 0.5) is 11.4 Å². The SMILES string of the molecule is Cc1cc(S(=O)(=O)N2c3ccccc3NC(=O)C[C@H]2C)c(C)o1. The number of aryl methyl sites for hydroxylation is 2. The zero-order chi connectivity index (χ0) is 16.8. The van der Waals surface area contributed by atoms with Crippen molar-refractivity contribution in [2.75, 3.05) is 9.62 Å². The third kappa shape index (κ3) is 2.61. The van der Waals surface area contributed by atoms with Crippen molar-refractivity contribution < 1.29 is 17.6 Å². The molecule has 0 fully saturated rings. The number of benzene rings is 1. The van der Waals surface area contributed by atoms with Crippen molar-refractivity contribution in [3.63, 3.8) is 0 Å². The van der Waals surface area contributed by atoms with Crippen molar-refractivity contribution in [1.82, 2.24) is 0 Å². The molecule has 1 atom stereocenters. The Morgan fingerprint density at radius 3 is 2.61 bits per heavy atom. The second-order valence-corrected chi connectivity index (χ2v) is 7.48. The molecule has 7 heteroatoms. The molecule has 2 heterocycles. The molecule has 0 unspecified atom stereocenters. The van der Waals surface area contributed by atoms with Crippen LogP contribution in [0.25, 0.3) is 0 Å². The summed E-state index contributed by atoms with van der Waals surface area (Å²) in [7, 11) is -3.83. The highest BCUT2D eigenvalue weighted by atomic mass is 32.2. The van der Waals surface area contributed by atoms with Gasteiger partial charge in [-0.05, 0) is 32.9 Å². The van der Waals surface area contributed by atoms with Crippen molar-refractivity contribution in [2.24, 2.45) is 0 Å². The van der Waals surface area contributed by atoms with Gasteiger partial charge in [0.15, 0.2) is 0 Å². The van der Waals surface area contributed by atoms with Gasteiger partial charge in [-0.3, -0.25) is 9.10 Å². The molecule has 0 saturated heterocycles. The molecule has 1 amide bonds. The largest absolute Gasteiger partial charge is 0.465 e. The molecular formula is C16H18N2O4S. The monoisotopic (exact) mass is 334 g/mol. The van der Waals surface area contributed by atoms with Crippen molar-refractivity contribution >= 4 is 27.3 Å². The van der Waals surface area contributed by atoms with E-state index in [0.717, 1.165) is 0 Å². The summed E-state index contributed by atoms with van der Waals surface area (Å²) < 4.78 is 33.0. The predicted molar refractivity (Wildman–Crippen MR) is 87.0 cm³/mol. The van der Waals surface area contributed by atoms with Gasteiger partial charge in [0.05, 0.1) is 17.4 Å². The highest BCUT2D eigenvalue weighted by Crippen LogP contribution is 2.36. The van der Waals surface area contributed by atoms with Gasteiger partial charge in [0, 0.05) is 12.5 Å². The third-order valence-corrected chi connectivity index (χ3v) is 5.86. The van der Waals surface area contributed by atoms with E-state index in [1.54, 1.807) is 45.0 Å². The lowest BCUT2D eigenvalue weighted by atomic mass is 10.2. The summed E-state index contributed by atoms with van der Waals surface area (Å²) in [5.74, 6) is 0.671. The van der Waals surface area contributed by atoms with Gasteiger partial charge < -0.3 is 9.73 Å². The molecule has 1 aromatic heterocycles. The number of para-hydroxylation sites is 2. The molecule has 0 spiro atoms. The van der Waals surface area contributed by atoms with Crippen molar-refractivity contribution in [1.29, 1.82) is 0 Å². The summed E-state index contributed by atoms with van der Waals surface area (Å²) in [6, 6.07) is 7.91. The Morgan fingerprint density at radius 1 is 1.26 bits per heavy atom. The van der Waals surface area contributed by atoms with E-state index in [4.69, 9.17) is 4.42 Å². The number of amides is 1. The molecule has 0 aliphatic carbocycles. The number of hydrogen-bond donors (Lipinski definition) is 1. The molecule has 1 aromatic carbocycles. The summed E-state index contributed by atoms with van der Waals surface area (Å²) in [6.07, 6.45) is 0.0871. The lowest BCUT2D eigenvalue weighted by molar-refractivity contribution is -0.116. The topological polar surface area (TPSA) is 79.6 Å². The Hall–Kier alpha value is -2.28. The quantitative estimate of drug-likeness (QED) is 0.916. The van der Waals surface area contributed by atoms with E-state index >= 15 is 0 Å². The van der Waals surface area contributed by atoms with Gasteiger partial charge in [0.2, 0.25) is 5.91 Å². The van der Waals surface area contributed by atoms with Crippen LogP contribution >= 0.6 is 0 Å².